The van der Waals surface area contributed by atoms with Crippen molar-refractivity contribution in [2.45, 2.75) is 45.4 Å². The van der Waals surface area contributed by atoms with E-state index in [1.165, 1.54) is 10.8 Å². The lowest BCUT2D eigenvalue weighted by Gasteiger charge is -2.35. The molecule has 1 atom stereocenters. The van der Waals surface area contributed by atoms with Crippen molar-refractivity contribution in [1.29, 1.82) is 0 Å². The first-order valence-electron chi connectivity index (χ1n) is 18.5. The molecule has 0 bridgehead atoms. The Morgan fingerprint density at radius 2 is 1.68 bits per heavy atom. The quantitative estimate of drug-likeness (QED) is 0.0715. The fourth-order valence-electron chi connectivity index (χ4n) is 7.42. The van der Waals surface area contributed by atoms with Crippen LogP contribution in [0.4, 0.5) is 21.0 Å². The number of amides is 3. The molecule has 0 unspecified atom stereocenters. The number of hydrogen-bond donors (Lipinski definition) is 4. The molecule has 4 aromatic rings. The van der Waals surface area contributed by atoms with Crippen LogP contribution in [0.5, 0.6) is 5.75 Å². The Morgan fingerprint density at radius 1 is 0.964 bits per heavy atom. The molecular weight excluding hydrogens is 778 g/mol. The fraction of sp³-hybridized carbons (Fsp3) is 0.410. The van der Waals surface area contributed by atoms with Crippen LogP contribution in [0.3, 0.4) is 0 Å². The van der Waals surface area contributed by atoms with Gasteiger partial charge in [0.05, 0.1) is 29.0 Å². The molecule has 2 aromatic carbocycles. The van der Waals surface area contributed by atoms with Gasteiger partial charge in [-0.2, -0.15) is 0 Å². The highest BCUT2D eigenvalue weighted by molar-refractivity contribution is 8.76. The Bertz CT molecular complexity index is 2180. The summed E-state index contributed by atoms with van der Waals surface area (Å²) in [6.45, 7) is 8.54. The van der Waals surface area contributed by atoms with E-state index in [9.17, 15) is 24.3 Å². The third kappa shape index (κ3) is 8.24. The number of halogens is 1. The number of rotatable bonds is 12. The zero-order valence-electron chi connectivity index (χ0n) is 31.5. The van der Waals surface area contributed by atoms with Crippen LogP contribution in [-0.2, 0) is 39.4 Å². The number of nitrogens with zero attached hydrogens (tertiary/aromatic N) is 4. The van der Waals surface area contributed by atoms with Crippen LogP contribution in [0.2, 0.25) is 0 Å². The first-order chi connectivity index (χ1) is 26.6. The van der Waals surface area contributed by atoms with Crippen molar-refractivity contribution >= 4 is 74.4 Å². The highest BCUT2D eigenvalue weighted by atomic mass is 35.5. The summed E-state index contributed by atoms with van der Waals surface area (Å²) in [6, 6.07) is 14.3. The van der Waals surface area contributed by atoms with Crippen molar-refractivity contribution in [2.75, 3.05) is 68.0 Å². The maximum absolute atomic E-state index is 13.9. The summed E-state index contributed by atoms with van der Waals surface area (Å²) >= 11 is 0. The van der Waals surface area contributed by atoms with Gasteiger partial charge in [0.25, 0.3) is 5.56 Å². The summed E-state index contributed by atoms with van der Waals surface area (Å²) in [5, 5.41) is 19.4. The van der Waals surface area contributed by atoms with Crippen LogP contribution in [-0.4, -0.2) is 95.5 Å². The number of aromatic hydroxyl groups is 1. The van der Waals surface area contributed by atoms with Crippen LogP contribution < -0.4 is 26.4 Å². The number of carbonyl (C=O) groups excluding carboxylic acids is 3. The zero-order chi connectivity index (χ0) is 38.7. The van der Waals surface area contributed by atoms with E-state index in [2.05, 4.69) is 32.8 Å². The minimum Gasteiger partial charge on any atom is -0.508 e. The van der Waals surface area contributed by atoms with E-state index in [4.69, 9.17) is 14.5 Å². The number of benzene rings is 2. The molecule has 7 rings (SSSR count). The average molecular weight is 824 g/mol. The normalized spacial score (nSPS) is 17.3. The lowest BCUT2D eigenvalue weighted by Crippen LogP contribution is -2.49. The maximum atomic E-state index is 13.9. The third-order valence-electron chi connectivity index (χ3n) is 10.4. The topological polar surface area (TPSA) is 167 Å². The lowest BCUT2D eigenvalue weighted by atomic mass is 9.85. The average Bonchev–Trinajstić information content (AvgIpc) is 3.55. The zero-order valence-corrected chi connectivity index (χ0v) is 34.0. The van der Waals surface area contributed by atoms with Gasteiger partial charge < -0.3 is 44.9 Å². The largest absolute Gasteiger partial charge is 0.508 e. The summed E-state index contributed by atoms with van der Waals surface area (Å²) in [5.41, 5.74) is 4.01. The van der Waals surface area contributed by atoms with Crippen molar-refractivity contribution in [3.8, 4) is 17.1 Å². The number of piperazine rings is 1. The molecule has 17 heteroatoms. The van der Waals surface area contributed by atoms with Gasteiger partial charge in [-0.05, 0) is 74.0 Å². The summed E-state index contributed by atoms with van der Waals surface area (Å²) in [7, 11) is 5.21. The molecule has 0 saturated carbocycles. The molecule has 56 heavy (non-hydrogen) atoms. The van der Waals surface area contributed by atoms with Gasteiger partial charge in [-0.1, -0.05) is 35.4 Å². The molecule has 2 aromatic heterocycles. The molecule has 298 valence electrons. The Morgan fingerprint density at radius 3 is 2.38 bits per heavy atom. The van der Waals surface area contributed by atoms with Gasteiger partial charge >= 0.3 is 18.1 Å². The van der Waals surface area contributed by atoms with E-state index in [0.29, 0.717) is 46.9 Å². The Balaban J connectivity index is 0.00000532. The van der Waals surface area contributed by atoms with E-state index in [0.717, 1.165) is 54.1 Å². The maximum Gasteiger partial charge on any atom is 0.408 e. The predicted octanol–water partition coefficient (Wildman–Crippen LogP) is 5.46. The van der Waals surface area contributed by atoms with Crippen molar-refractivity contribution < 1.29 is 29.0 Å². The van der Waals surface area contributed by atoms with E-state index in [-0.39, 0.29) is 61.4 Å². The molecule has 3 amide bonds. The number of pyridine rings is 2. The highest BCUT2D eigenvalue weighted by Gasteiger charge is 2.50. The number of esters is 1. The Hall–Kier alpha value is -4.64. The number of carbonyl (C=O) groups is 3. The molecule has 3 aliphatic heterocycles. The molecule has 0 spiro atoms. The van der Waals surface area contributed by atoms with Gasteiger partial charge in [0.2, 0.25) is 5.60 Å². The van der Waals surface area contributed by atoms with Crippen LogP contribution in [0.1, 0.15) is 42.5 Å². The number of hydrogen-bond acceptors (Lipinski definition) is 12. The minimum atomic E-state index is -1.81. The highest BCUT2D eigenvalue weighted by Crippen LogP contribution is 2.42. The van der Waals surface area contributed by atoms with Gasteiger partial charge in [-0.15, -0.1) is 12.4 Å². The number of phenols is 1. The van der Waals surface area contributed by atoms with E-state index in [1.54, 1.807) is 46.6 Å². The number of nitrogens with one attached hydrogen (secondary N) is 3. The Kier molecular flexibility index (Phi) is 12.9. The minimum absolute atomic E-state index is 0. The number of alkyl carbamates (subject to hydrolysis) is 1. The third-order valence-corrected chi connectivity index (χ3v) is 12.8. The van der Waals surface area contributed by atoms with E-state index in [1.807, 2.05) is 31.2 Å². The van der Waals surface area contributed by atoms with Gasteiger partial charge in [-0.25, -0.2) is 19.4 Å². The molecule has 1 saturated heterocycles. The smallest absolute Gasteiger partial charge is 0.408 e. The molecule has 1 fully saturated rings. The lowest BCUT2D eigenvalue weighted by molar-refractivity contribution is -0.172. The number of ether oxygens (including phenoxy) is 2. The second-order valence-electron chi connectivity index (χ2n) is 13.7. The predicted molar refractivity (Wildman–Crippen MR) is 223 cm³/mol. The van der Waals surface area contributed by atoms with Crippen molar-refractivity contribution in [3.05, 3.63) is 81.1 Å². The molecular formula is C39H46ClN7O7S2. The number of urea groups is 1. The van der Waals surface area contributed by atoms with Crippen LogP contribution in [0.15, 0.2) is 53.3 Å². The van der Waals surface area contributed by atoms with Crippen molar-refractivity contribution in [2.24, 2.45) is 0 Å². The number of anilines is 2. The van der Waals surface area contributed by atoms with Crippen molar-refractivity contribution in [3.63, 3.8) is 0 Å². The first-order valence-corrected chi connectivity index (χ1v) is 21.0. The van der Waals surface area contributed by atoms with Gasteiger partial charge in [0, 0.05) is 78.7 Å². The fourth-order valence-corrected chi connectivity index (χ4v) is 9.23. The molecule has 3 aliphatic rings. The summed E-state index contributed by atoms with van der Waals surface area (Å²) in [4.78, 5) is 62.4. The first kappa shape index (κ1) is 41.0. The summed E-state index contributed by atoms with van der Waals surface area (Å²) in [6.07, 6.45) is -0.0834. The summed E-state index contributed by atoms with van der Waals surface area (Å²) in [5.74, 6) is 0.605. The van der Waals surface area contributed by atoms with Crippen molar-refractivity contribution in [1.82, 2.24) is 25.1 Å². The number of aryl methyl sites for hydroxylation is 1. The Labute approximate surface area is 338 Å². The second-order valence-corrected chi connectivity index (χ2v) is 16.4. The number of phenolic OH excluding ortho intramolecular Hbond substituents is 1. The number of cyclic esters (lactones) is 1. The van der Waals surface area contributed by atoms with Gasteiger partial charge in [-0.3, -0.25) is 4.79 Å². The monoisotopic (exact) mass is 823 g/mol. The number of fused-ring (bicyclic) bond motifs is 5. The van der Waals surface area contributed by atoms with E-state index >= 15 is 0 Å². The molecule has 14 nitrogen and oxygen atoms in total. The molecule has 5 heterocycles. The van der Waals surface area contributed by atoms with Crippen LogP contribution in [0, 0.1) is 0 Å². The van der Waals surface area contributed by atoms with Crippen LogP contribution >= 0.6 is 34.0 Å². The summed E-state index contributed by atoms with van der Waals surface area (Å²) < 4.78 is 13.0. The SMILES string of the molecule is CCc1c2c(nc3ccc(O)cc13)-c1cc3c(c(=O)n1C2)COC(=O)[C@@]3(CC)OC(=O)NCCSSCCNC(=O)Nc1ccc(N2CCN(C)CC2)cc1.Cl. The van der Waals surface area contributed by atoms with Gasteiger partial charge in [0.15, 0.2) is 0 Å². The molecule has 0 radical (unpaired) electrons. The number of likely N-dealkylation sites (N-methyl/N-ethyl adjacent to an activating group) is 1. The standard InChI is InChI=1S/C39H45N7O7S2.ClH/c1-4-27-28-20-26(47)10-11-32(28)43-34-29(27)22-46-33(34)21-31-30(35(46)48)23-52-36(49)39(31,5-2)53-38(51)41-13-19-55-54-18-12-40-37(50)42-24-6-8-25(9-7-24)45-16-14-44(3)15-17-45;/h6-11,20-21,47H,4-5,12-19,22-23H2,1-3H3,(H,41,51)(H2,40,42,50);1H/t39-;/m0./s1. The van der Waals surface area contributed by atoms with Gasteiger partial charge in [0.1, 0.15) is 12.4 Å². The molecule has 0 aliphatic carbocycles. The number of aromatic nitrogens is 2. The van der Waals surface area contributed by atoms with E-state index < -0.39 is 17.7 Å². The molecule has 4 N–H and O–H groups in total. The van der Waals surface area contributed by atoms with Crippen LogP contribution in [0.25, 0.3) is 22.3 Å². The second kappa shape index (κ2) is 17.7.